The van der Waals surface area contributed by atoms with Gasteiger partial charge in [-0.3, -0.25) is 0 Å². The molecule has 15 heavy (non-hydrogen) atoms. The Morgan fingerprint density at radius 1 is 1.40 bits per heavy atom. The Morgan fingerprint density at radius 3 is 2.60 bits per heavy atom. The summed E-state index contributed by atoms with van der Waals surface area (Å²) in [6.07, 6.45) is 0. The molecule has 0 aliphatic heterocycles. The van der Waals surface area contributed by atoms with E-state index in [1.54, 1.807) is 0 Å². The monoisotopic (exact) mass is 210 g/mol. The number of aliphatic carboxylic acids is 1. The SMILES string of the molecule is CC.Cc1cccc(COCC(=O)O)c1. The van der Waals surface area contributed by atoms with Crippen LogP contribution in [0.4, 0.5) is 0 Å². The molecule has 3 nitrogen and oxygen atoms in total. The van der Waals surface area contributed by atoms with E-state index < -0.39 is 5.97 Å². The summed E-state index contributed by atoms with van der Waals surface area (Å²) in [5.74, 6) is -0.937. The number of carboxylic acids is 1. The van der Waals surface area contributed by atoms with Gasteiger partial charge < -0.3 is 9.84 Å². The van der Waals surface area contributed by atoms with Gasteiger partial charge in [0.15, 0.2) is 0 Å². The number of ether oxygens (including phenoxy) is 1. The minimum atomic E-state index is -0.937. The second-order valence-corrected chi connectivity index (χ2v) is 2.88. The highest BCUT2D eigenvalue weighted by molar-refractivity contribution is 5.67. The molecule has 0 radical (unpaired) electrons. The van der Waals surface area contributed by atoms with Gasteiger partial charge >= 0.3 is 5.97 Å². The summed E-state index contributed by atoms with van der Waals surface area (Å²) in [7, 11) is 0. The fourth-order valence-corrected chi connectivity index (χ4v) is 1.06. The molecule has 1 aromatic rings. The van der Waals surface area contributed by atoms with Crippen LogP contribution in [-0.2, 0) is 16.1 Å². The third-order valence-corrected chi connectivity index (χ3v) is 1.58. The van der Waals surface area contributed by atoms with E-state index in [1.807, 2.05) is 45.0 Å². The average Bonchev–Trinajstić information content (AvgIpc) is 2.20. The van der Waals surface area contributed by atoms with Gasteiger partial charge in [0.25, 0.3) is 0 Å². The van der Waals surface area contributed by atoms with Gasteiger partial charge in [0.1, 0.15) is 6.61 Å². The van der Waals surface area contributed by atoms with Gasteiger partial charge in [-0.05, 0) is 12.5 Å². The van der Waals surface area contributed by atoms with Crippen molar-refractivity contribution in [3.63, 3.8) is 0 Å². The van der Waals surface area contributed by atoms with Gasteiger partial charge in [-0.15, -0.1) is 0 Å². The molecule has 1 rings (SSSR count). The Labute approximate surface area is 90.7 Å². The summed E-state index contributed by atoms with van der Waals surface area (Å²) in [6, 6.07) is 7.80. The molecule has 0 heterocycles. The molecular formula is C12H18O3. The molecule has 0 aromatic heterocycles. The first-order chi connectivity index (χ1) is 7.18. The summed E-state index contributed by atoms with van der Waals surface area (Å²) in [4.78, 5) is 10.1. The van der Waals surface area contributed by atoms with Gasteiger partial charge in [0.2, 0.25) is 0 Å². The summed E-state index contributed by atoms with van der Waals surface area (Å²) in [6.45, 7) is 6.10. The van der Waals surface area contributed by atoms with E-state index in [1.165, 1.54) is 0 Å². The first-order valence-electron chi connectivity index (χ1n) is 5.03. The van der Waals surface area contributed by atoms with Gasteiger partial charge in [-0.25, -0.2) is 4.79 Å². The first kappa shape index (κ1) is 13.7. The molecule has 0 saturated carbocycles. The van der Waals surface area contributed by atoms with Crippen molar-refractivity contribution in [1.29, 1.82) is 0 Å². The second-order valence-electron chi connectivity index (χ2n) is 2.88. The Hall–Kier alpha value is -1.35. The normalized spacial score (nSPS) is 9.00. The highest BCUT2D eigenvalue weighted by Crippen LogP contribution is 2.04. The number of hydrogen-bond acceptors (Lipinski definition) is 2. The predicted molar refractivity (Wildman–Crippen MR) is 59.8 cm³/mol. The summed E-state index contributed by atoms with van der Waals surface area (Å²) >= 11 is 0. The molecule has 0 fully saturated rings. The first-order valence-corrected chi connectivity index (χ1v) is 5.03. The van der Waals surface area contributed by atoms with Crippen LogP contribution < -0.4 is 0 Å². The van der Waals surface area contributed by atoms with Crippen LogP contribution in [0.2, 0.25) is 0 Å². The Balaban J connectivity index is 0.000000921. The molecule has 0 bridgehead atoms. The van der Waals surface area contributed by atoms with Crippen molar-refractivity contribution in [3.05, 3.63) is 35.4 Å². The fourth-order valence-electron chi connectivity index (χ4n) is 1.06. The molecule has 0 unspecified atom stereocenters. The Morgan fingerprint density at radius 2 is 2.07 bits per heavy atom. The topological polar surface area (TPSA) is 46.5 Å². The van der Waals surface area contributed by atoms with Crippen molar-refractivity contribution in [1.82, 2.24) is 0 Å². The third kappa shape index (κ3) is 6.69. The number of carbonyl (C=O) groups is 1. The summed E-state index contributed by atoms with van der Waals surface area (Å²) in [5.41, 5.74) is 2.15. The smallest absolute Gasteiger partial charge is 0.329 e. The molecular weight excluding hydrogens is 192 g/mol. The average molecular weight is 210 g/mol. The lowest BCUT2D eigenvalue weighted by atomic mass is 10.1. The van der Waals surface area contributed by atoms with Crippen LogP contribution in [0, 0.1) is 6.92 Å². The van der Waals surface area contributed by atoms with Crippen molar-refractivity contribution in [2.75, 3.05) is 6.61 Å². The minimum absolute atomic E-state index is 0.242. The van der Waals surface area contributed by atoms with Crippen LogP contribution in [0.1, 0.15) is 25.0 Å². The summed E-state index contributed by atoms with van der Waals surface area (Å²) in [5, 5.41) is 8.32. The molecule has 1 N–H and O–H groups in total. The largest absolute Gasteiger partial charge is 0.480 e. The van der Waals surface area contributed by atoms with Crippen LogP contribution in [0.5, 0.6) is 0 Å². The molecule has 0 saturated heterocycles. The lowest BCUT2D eigenvalue weighted by Crippen LogP contribution is -2.06. The van der Waals surface area contributed by atoms with Gasteiger partial charge in [0.05, 0.1) is 6.61 Å². The van der Waals surface area contributed by atoms with Crippen LogP contribution in [0.25, 0.3) is 0 Å². The highest BCUT2D eigenvalue weighted by atomic mass is 16.5. The van der Waals surface area contributed by atoms with Crippen molar-refractivity contribution >= 4 is 5.97 Å². The van der Waals surface area contributed by atoms with Gasteiger partial charge in [0, 0.05) is 0 Å². The zero-order valence-corrected chi connectivity index (χ0v) is 9.49. The van der Waals surface area contributed by atoms with E-state index in [9.17, 15) is 4.79 Å². The third-order valence-electron chi connectivity index (χ3n) is 1.58. The number of hydrogen-bond donors (Lipinski definition) is 1. The maximum absolute atomic E-state index is 10.1. The van der Waals surface area contributed by atoms with E-state index in [-0.39, 0.29) is 6.61 Å². The Kier molecular flexibility index (Phi) is 7.28. The van der Waals surface area contributed by atoms with Gasteiger partial charge in [-0.1, -0.05) is 43.7 Å². The fraction of sp³-hybridized carbons (Fsp3) is 0.417. The minimum Gasteiger partial charge on any atom is -0.480 e. The van der Waals surface area contributed by atoms with E-state index in [2.05, 4.69) is 0 Å². The van der Waals surface area contributed by atoms with E-state index >= 15 is 0 Å². The van der Waals surface area contributed by atoms with E-state index in [4.69, 9.17) is 9.84 Å². The molecule has 0 aliphatic rings. The number of rotatable bonds is 4. The van der Waals surface area contributed by atoms with Gasteiger partial charge in [-0.2, -0.15) is 0 Å². The Bertz CT molecular complexity index is 295. The molecule has 1 aromatic carbocycles. The number of carboxylic acid groups (broad SMARTS) is 1. The van der Waals surface area contributed by atoms with Crippen LogP contribution in [0.15, 0.2) is 24.3 Å². The maximum Gasteiger partial charge on any atom is 0.329 e. The molecule has 3 heteroatoms. The molecule has 0 spiro atoms. The lowest BCUT2D eigenvalue weighted by Gasteiger charge is -2.01. The second kappa shape index (κ2) is 8.00. The van der Waals surface area contributed by atoms with Crippen LogP contribution in [0.3, 0.4) is 0 Å². The number of aryl methyl sites for hydroxylation is 1. The standard InChI is InChI=1S/C10H12O3.C2H6/c1-8-3-2-4-9(5-8)6-13-7-10(11)12;1-2/h2-5H,6-7H2,1H3,(H,11,12);1-2H3. The maximum atomic E-state index is 10.1. The zero-order valence-electron chi connectivity index (χ0n) is 9.49. The number of benzene rings is 1. The van der Waals surface area contributed by atoms with Crippen LogP contribution >= 0.6 is 0 Å². The highest BCUT2D eigenvalue weighted by Gasteiger charge is 1.97. The zero-order chi connectivity index (χ0) is 11.7. The van der Waals surface area contributed by atoms with Crippen molar-refractivity contribution in [2.24, 2.45) is 0 Å². The van der Waals surface area contributed by atoms with E-state index in [0.717, 1.165) is 11.1 Å². The van der Waals surface area contributed by atoms with Crippen molar-refractivity contribution in [3.8, 4) is 0 Å². The van der Waals surface area contributed by atoms with Crippen molar-refractivity contribution in [2.45, 2.75) is 27.4 Å². The summed E-state index contributed by atoms with van der Waals surface area (Å²) < 4.78 is 4.94. The molecule has 0 amide bonds. The predicted octanol–water partition coefficient (Wildman–Crippen LogP) is 2.62. The molecule has 84 valence electrons. The van der Waals surface area contributed by atoms with Crippen molar-refractivity contribution < 1.29 is 14.6 Å². The lowest BCUT2D eigenvalue weighted by molar-refractivity contribution is -0.142. The molecule has 0 aliphatic carbocycles. The van der Waals surface area contributed by atoms with Crippen LogP contribution in [-0.4, -0.2) is 17.7 Å². The quantitative estimate of drug-likeness (QED) is 0.831. The molecule has 0 atom stereocenters. The van der Waals surface area contributed by atoms with E-state index in [0.29, 0.717) is 6.61 Å².